The van der Waals surface area contributed by atoms with E-state index in [0.29, 0.717) is 5.92 Å². The fourth-order valence-electron chi connectivity index (χ4n) is 2.51. The number of aliphatic hydroxyl groups is 1. The zero-order valence-corrected chi connectivity index (χ0v) is 9.55. The minimum absolute atomic E-state index is 0.281. The fraction of sp³-hybridized carbons (Fsp3) is 0.727. The summed E-state index contributed by atoms with van der Waals surface area (Å²) in [7, 11) is 0. The molecule has 0 radical (unpaired) electrons. The summed E-state index contributed by atoms with van der Waals surface area (Å²) in [5.74, 6) is 0.406. The second kappa shape index (κ2) is 3.63. The highest BCUT2D eigenvalue weighted by Crippen LogP contribution is 2.49. The van der Waals surface area contributed by atoms with Gasteiger partial charge in [-0.2, -0.15) is 0 Å². The van der Waals surface area contributed by atoms with Crippen LogP contribution in [-0.4, -0.2) is 10.1 Å². The molecule has 2 unspecified atom stereocenters. The molecule has 78 valence electrons. The van der Waals surface area contributed by atoms with Gasteiger partial charge in [0.05, 0.1) is 16.5 Å². The first-order chi connectivity index (χ1) is 6.61. The smallest absolute Gasteiger partial charge is 0.0931 e. The van der Waals surface area contributed by atoms with Crippen molar-refractivity contribution in [1.29, 1.82) is 0 Å². The van der Waals surface area contributed by atoms with E-state index in [9.17, 15) is 5.11 Å². The lowest BCUT2D eigenvalue weighted by molar-refractivity contribution is 0.0557. The molecular weight excluding hydrogens is 194 g/mol. The number of rotatable bonds is 2. The molecule has 2 nitrogen and oxygen atoms in total. The topological polar surface area (TPSA) is 33.1 Å². The van der Waals surface area contributed by atoms with E-state index in [4.69, 9.17) is 0 Å². The Morgan fingerprint density at radius 1 is 1.64 bits per heavy atom. The maximum absolute atomic E-state index is 10.2. The van der Waals surface area contributed by atoms with E-state index in [1.54, 1.807) is 23.0 Å². The molecule has 0 aliphatic heterocycles. The first-order valence-corrected chi connectivity index (χ1v) is 6.06. The molecule has 1 saturated carbocycles. The second-order valence-electron chi connectivity index (χ2n) is 4.84. The maximum Gasteiger partial charge on any atom is 0.0931 e. The Bertz CT molecular complexity index is 294. The molecule has 1 heterocycles. The Kier molecular flexibility index (Phi) is 2.62. The highest BCUT2D eigenvalue weighted by Gasteiger charge is 2.39. The number of thiazole rings is 1. The first kappa shape index (κ1) is 10.1. The molecule has 0 saturated heterocycles. The summed E-state index contributed by atoms with van der Waals surface area (Å²) in [4.78, 5) is 5.04. The van der Waals surface area contributed by atoms with Gasteiger partial charge in [-0.05, 0) is 24.2 Å². The zero-order chi connectivity index (χ0) is 10.2. The molecule has 3 heteroatoms. The molecule has 1 aliphatic rings. The fourth-order valence-corrected chi connectivity index (χ4v) is 3.18. The van der Waals surface area contributed by atoms with Crippen LogP contribution in [0.25, 0.3) is 0 Å². The third-order valence-corrected chi connectivity index (χ3v) is 4.31. The average Bonchev–Trinajstić information content (AvgIpc) is 2.71. The van der Waals surface area contributed by atoms with Crippen molar-refractivity contribution in [3.8, 4) is 0 Å². The number of hydrogen-bond donors (Lipinski definition) is 1. The van der Waals surface area contributed by atoms with Gasteiger partial charge in [0.1, 0.15) is 0 Å². The van der Waals surface area contributed by atoms with Gasteiger partial charge in [-0.1, -0.05) is 20.3 Å². The third-order valence-electron chi connectivity index (χ3n) is 3.46. The van der Waals surface area contributed by atoms with E-state index in [-0.39, 0.29) is 11.5 Å². The van der Waals surface area contributed by atoms with Gasteiger partial charge in [0.25, 0.3) is 0 Å². The van der Waals surface area contributed by atoms with Crippen LogP contribution >= 0.6 is 11.3 Å². The molecule has 0 amide bonds. The predicted molar refractivity (Wildman–Crippen MR) is 58.2 cm³/mol. The lowest BCUT2D eigenvalue weighted by Gasteiger charge is -2.30. The Morgan fingerprint density at radius 3 is 2.93 bits per heavy atom. The molecule has 1 aromatic heterocycles. The third kappa shape index (κ3) is 1.71. The summed E-state index contributed by atoms with van der Waals surface area (Å²) in [6.07, 6.45) is 5.11. The molecule has 0 bridgehead atoms. The number of aromatic nitrogens is 1. The normalized spacial score (nSPS) is 27.8. The van der Waals surface area contributed by atoms with Gasteiger partial charge in [-0.3, -0.25) is 4.98 Å². The SMILES string of the molecule is CC1(C)CCCC1C(O)c1cncs1. The highest BCUT2D eigenvalue weighted by atomic mass is 32.1. The van der Waals surface area contributed by atoms with E-state index in [1.165, 1.54) is 12.8 Å². The van der Waals surface area contributed by atoms with E-state index < -0.39 is 0 Å². The molecule has 1 N–H and O–H groups in total. The van der Waals surface area contributed by atoms with Crippen LogP contribution in [0.2, 0.25) is 0 Å². The maximum atomic E-state index is 10.2. The summed E-state index contributed by atoms with van der Waals surface area (Å²) in [6.45, 7) is 4.52. The van der Waals surface area contributed by atoms with Crippen LogP contribution in [0.4, 0.5) is 0 Å². The Labute approximate surface area is 89.0 Å². The van der Waals surface area contributed by atoms with E-state index in [2.05, 4.69) is 18.8 Å². The minimum atomic E-state index is -0.306. The van der Waals surface area contributed by atoms with Crippen LogP contribution in [0.1, 0.15) is 44.1 Å². The number of nitrogens with zero attached hydrogens (tertiary/aromatic N) is 1. The van der Waals surface area contributed by atoms with E-state index >= 15 is 0 Å². The standard InChI is InChI=1S/C11H17NOS/c1-11(2)5-3-4-8(11)10(13)9-6-12-7-14-9/h6-8,10,13H,3-5H2,1-2H3. The predicted octanol–water partition coefficient (Wildman–Crippen LogP) is 3.00. The lowest BCUT2D eigenvalue weighted by atomic mass is 9.78. The van der Waals surface area contributed by atoms with Crippen LogP contribution < -0.4 is 0 Å². The van der Waals surface area contributed by atoms with Gasteiger partial charge in [-0.25, -0.2) is 0 Å². The van der Waals surface area contributed by atoms with Crippen LogP contribution in [0.15, 0.2) is 11.7 Å². The van der Waals surface area contributed by atoms with Crippen molar-refractivity contribution in [2.75, 3.05) is 0 Å². The highest BCUT2D eigenvalue weighted by molar-refractivity contribution is 7.09. The Morgan fingerprint density at radius 2 is 2.43 bits per heavy atom. The van der Waals surface area contributed by atoms with E-state index in [0.717, 1.165) is 11.3 Å². The van der Waals surface area contributed by atoms with Gasteiger partial charge >= 0.3 is 0 Å². The largest absolute Gasteiger partial charge is 0.387 e. The summed E-state index contributed by atoms with van der Waals surface area (Å²) in [5, 5.41) is 10.2. The van der Waals surface area contributed by atoms with Crippen LogP contribution in [0, 0.1) is 11.3 Å². The Balaban J connectivity index is 2.16. The summed E-state index contributed by atoms with van der Waals surface area (Å²) in [5.41, 5.74) is 2.07. The van der Waals surface area contributed by atoms with Crippen LogP contribution in [0.3, 0.4) is 0 Å². The minimum Gasteiger partial charge on any atom is -0.387 e. The quantitative estimate of drug-likeness (QED) is 0.815. The molecule has 14 heavy (non-hydrogen) atoms. The van der Waals surface area contributed by atoms with Gasteiger partial charge < -0.3 is 5.11 Å². The Hall–Kier alpha value is -0.410. The molecule has 2 atom stereocenters. The molecule has 1 aromatic rings. The van der Waals surface area contributed by atoms with Crippen molar-refractivity contribution in [2.45, 2.75) is 39.2 Å². The molecule has 0 aromatic carbocycles. The van der Waals surface area contributed by atoms with Gasteiger partial charge in [0.15, 0.2) is 0 Å². The molecule has 1 aliphatic carbocycles. The van der Waals surface area contributed by atoms with Crippen LogP contribution in [-0.2, 0) is 0 Å². The van der Waals surface area contributed by atoms with Crippen molar-refractivity contribution < 1.29 is 5.11 Å². The van der Waals surface area contributed by atoms with Gasteiger partial charge in [0.2, 0.25) is 0 Å². The van der Waals surface area contributed by atoms with Crippen molar-refractivity contribution in [2.24, 2.45) is 11.3 Å². The van der Waals surface area contributed by atoms with Crippen molar-refractivity contribution >= 4 is 11.3 Å². The monoisotopic (exact) mass is 211 g/mol. The molecule has 1 fully saturated rings. The molecular formula is C11H17NOS. The summed E-state index contributed by atoms with van der Waals surface area (Å²) in [6, 6.07) is 0. The van der Waals surface area contributed by atoms with E-state index in [1.807, 2.05) is 0 Å². The number of hydrogen-bond acceptors (Lipinski definition) is 3. The lowest BCUT2D eigenvalue weighted by Crippen LogP contribution is -2.23. The first-order valence-electron chi connectivity index (χ1n) is 5.18. The molecule has 0 spiro atoms. The second-order valence-corrected chi connectivity index (χ2v) is 5.75. The zero-order valence-electron chi connectivity index (χ0n) is 8.73. The van der Waals surface area contributed by atoms with Crippen LogP contribution in [0.5, 0.6) is 0 Å². The molecule has 2 rings (SSSR count). The number of aliphatic hydroxyl groups excluding tert-OH is 1. The summed E-state index contributed by atoms with van der Waals surface area (Å²) < 4.78 is 0. The van der Waals surface area contributed by atoms with Gasteiger partial charge in [0, 0.05) is 6.20 Å². The average molecular weight is 211 g/mol. The van der Waals surface area contributed by atoms with Crippen molar-refractivity contribution in [3.63, 3.8) is 0 Å². The van der Waals surface area contributed by atoms with Crippen molar-refractivity contribution in [3.05, 3.63) is 16.6 Å². The van der Waals surface area contributed by atoms with Gasteiger partial charge in [-0.15, -0.1) is 11.3 Å². The summed E-state index contributed by atoms with van der Waals surface area (Å²) >= 11 is 1.56. The van der Waals surface area contributed by atoms with Crippen molar-refractivity contribution in [1.82, 2.24) is 4.98 Å².